The van der Waals surface area contributed by atoms with Gasteiger partial charge in [-0.1, -0.05) is 17.7 Å². The second kappa shape index (κ2) is 4.12. The smallest absolute Gasteiger partial charge is 0.141 e. The van der Waals surface area contributed by atoms with E-state index in [2.05, 4.69) is 6.92 Å². The fraction of sp³-hybridized carbons (Fsp3) is 0.400. The first-order valence-electron chi connectivity index (χ1n) is 4.02. The van der Waals surface area contributed by atoms with E-state index in [-0.39, 0.29) is 0 Å². The van der Waals surface area contributed by atoms with Crippen molar-refractivity contribution in [3.8, 4) is 5.75 Å². The molecule has 66 valence electrons. The topological polar surface area (TPSA) is 12.5 Å². The average molecular weight is 165 g/mol. The molecule has 0 saturated carbocycles. The molecule has 2 nitrogen and oxygen atoms in total. The summed E-state index contributed by atoms with van der Waals surface area (Å²) in [7, 11) is 3.96. The lowest BCUT2D eigenvalue weighted by Crippen LogP contribution is -2.18. The van der Waals surface area contributed by atoms with Gasteiger partial charge in [0.05, 0.1) is 0 Å². The number of ether oxygens (including phenoxy) is 1. The van der Waals surface area contributed by atoms with E-state index in [0.717, 1.165) is 5.75 Å². The first-order valence-corrected chi connectivity index (χ1v) is 4.02. The van der Waals surface area contributed by atoms with Crippen molar-refractivity contribution in [1.29, 1.82) is 0 Å². The minimum Gasteiger partial charge on any atom is -0.478 e. The van der Waals surface area contributed by atoms with Crippen LogP contribution in [0.25, 0.3) is 0 Å². The SMILES string of the molecule is Cc1ccc(OCN(C)C)cc1. The normalized spacial score (nSPS) is 10.3. The lowest BCUT2D eigenvalue weighted by Gasteiger charge is -2.11. The molecule has 0 fully saturated rings. The standard InChI is InChI=1S/C10H15NO/c1-9-4-6-10(7-5-9)12-8-11(2)3/h4-7H,8H2,1-3H3. The number of nitrogens with zero attached hydrogens (tertiary/aromatic N) is 1. The quantitative estimate of drug-likeness (QED) is 0.634. The molecule has 0 atom stereocenters. The van der Waals surface area contributed by atoms with Gasteiger partial charge in [-0.2, -0.15) is 0 Å². The predicted octanol–water partition coefficient (Wildman–Crippen LogP) is 1.89. The maximum atomic E-state index is 5.45. The van der Waals surface area contributed by atoms with Gasteiger partial charge in [-0.15, -0.1) is 0 Å². The summed E-state index contributed by atoms with van der Waals surface area (Å²) in [5, 5.41) is 0. The van der Waals surface area contributed by atoms with E-state index in [0.29, 0.717) is 6.73 Å². The summed E-state index contributed by atoms with van der Waals surface area (Å²) >= 11 is 0. The molecule has 0 aromatic heterocycles. The average Bonchev–Trinajstić information content (AvgIpc) is 2.03. The Morgan fingerprint density at radius 2 is 1.75 bits per heavy atom. The third-order valence-electron chi connectivity index (χ3n) is 1.51. The van der Waals surface area contributed by atoms with Crippen LogP contribution in [0.3, 0.4) is 0 Å². The molecule has 0 heterocycles. The van der Waals surface area contributed by atoms with Gasteiger partial charge in [0.25, 0.3) is 0 Å². The van der Waals surface area contributed by atoms with Crippen LogP contribution in [0, 0.1) is 6.92 Å². The number of hydrogen-bond acceptors (Lipinski definition) is 2. The van der Waals surface area contributed by atoms with Crippen molar-refractivity contribution >= 4 is 0 Å². The van der Waals surface area contributed by atoms with Crippen molar-refractivity contribution in [2.45, 2.75) is 6.92 Å². The monoisotopic (exact) mass is 165 g/mol. The van der Waals surface area contributed by atoms with E-state index in [1.54, 1.807) is 0 Å². The molecular weight excluding hydrogens is 150 g/mol. The Kier molecular flexibility index (Phi) is 3.11. The predicted molar refractivity (Wildman–Crippen MR) is 50.4 cm³/mol. The first kappa shape index (κ1) is 9.07. The zero-order chi connectivity index (χ0) is 8.97. The molecule has 0 N–H and O–H groups in total. The van der Waals surface area contributed by atoms with Crippen LogP contribution in [-0.4, -0.2) is 25.7 Å². The van der Waals surface area contributed by atoms with Gasteiger partial charge in [0.2, 0.25) is 0 Å². The van der Waals surface area contributed by atoms with Crippen LogP contribution in [0.5, 0.6) is 5.75 Å². The molecule has 0 aliphatic heterocycles. The summed E-state index contributed by atoms with van der Waals surface area (Å²) in [6.07, 6.45) is 0. The molecule has 0 spiro atoms. The zero-order valence-electron chi connectivity index (χ0n) is 7.87. The van der Waals surface area contributed by atoms with Crippen LogP contribution in [0.4, 0.5) is 0 Å². The van der Waals surface area contributed by atoms with Gasteiger partial charge < -0.3 is 4.74 Å². The molecule has 1 aromatic carbocycles. The molecule has 0 aliphatic rings. The third kappa shape index (κ3) is 2.93. The molecule has 0 amide bonds. The van der Waals surface area contributed by atoms with E-state index in [1.807, 2.05) is 43.3 Å². The maximum Gasteiger partial charge on any atom is 0.141 e. The molecule has 0 unspecified atom stereocenters. The van der Waals surface area contributed by atoms with Crippen molar-refractivity contribution < 1.29 is 4.74 Å². The van der Waals surface area contributed by atoms with E-state index in [4.69, 9.17) is 4.74 Å². The zero-order valence-corrected chi connectivity index (χ0v) is 7.87. The maximum absolute atomic E-state index is 5.45. The summed E-state index contributed by atoms with van der Waals surface area (Å²) in [5.74, 6) is 0.925. The van der Waals surface area contributed by atoms with Crippen LogP contribution in [0.1, 0.15) is 5.56 Å². The first-order chi connectivity index (χ1) is 5.68. The Bertz CT molecular complexity index is 228. The van der Waals surface area contributed by atoms with Crippen molar-refractivity contribution in [1.82, 2.24) is 4.90 Å². The molecule has 0 aliphatic carbocycles. The fourth-order valence-corrected chi connectivity index (χ4v) is 0.838. The van der Waals surface area contributed by atoms with Crippen LogP contribution >= 0.6 is 0 Å². The van der Waals surface area contributed by atoms with Crippen molar-refractivity contribution in [2.24, 2.45) is 0 Å². The van der Waals surface area contributed by atoms with Crippen LogP contribution in [0.15, 0.2) is 24.3 Å². The van der Waals surface area contributed by atoms with Crippen LogP contribution in [0.2, 0.25) is 0 Å². The molecule has 0 bridgehead atoms. The number of rotatable bonds is 3. The highest BCUT2D eigenvalue weighted by atomic mass is 16.5. The van der Waals surface area contributed by atoms with Crippen LogP contribution < -0.4 is 4.74 Å². The Hall–Kier alpha value is -1.02. The Balaban J connectivity index is 2.48. The second-order valence-electron chi connectivity index (χ2n) is 3.17. The molecular formula is C10H15NO. The molecule has 0 radical (unpaired) electrons. The third-order valence-corrected chi connectivity index (χ3v) is 1.51. The van der Waals surface area contributed by atoms with E-state index in [9.17, 15) is 0 Å². The second-order valence-corrected chi connectivity index (χ2v) is 3.17. The van der Waals surface area contributed by atoms with Gasteiger partial charge in [-0.3, -0.25) is 4.90 Å². The Morgan fingerprint density at radius 3 is 2.25 bits per heavy atom. The molecule has 1 aromatic rings. The minimum atomic E-state index is 0.628. The summed E-state index contributed by atoms with van der Waals surface area (Å²) in [6, 6.07) is 8.06. The minimum absolute atomic E-state index is 0.628. The Labute approximate surface area is 73.8 Å². The van der Waals surface area contributed by atoms with E-state index < -0.39 is 0 Å². The molecule has 12 heavy (non-hydrogen) atoms. The van der Waals surface area contributed by atoms with Crippen molar-refractivity contribution in [3.63, 3.8) is 0 Å². The highest BCUT2D eigenvalue weighted by molar-refractivity contribution is 5.26. The number of benzene rings is 1. The molecule has 2 heteroatoms. The van der Waals surface area contributed by atoms with Gasteiger partial charge in [0.1, 0.15) is 12.5 Å². The van der Waals surface area contributed by atoms with E-state index in [1.165, 1.54) is 5.56 Å². The van der Waals surface area contributed by atoms with Crippen LogP contribution in [-0.2, 0) is 0 Å². The molecule has 1 rings (SSSR count). The Morgan fingerprint density at radius 1 is 1.17 bits per heavy atom. The molecule has 0 saturated heterocycles. The van der Waals surface area contributed by atoms with Gasteiger partial charge in [-0.05, 0) is 33.2 Å². The number of hydrogen-bond donors (Lipinski definition) is 0. The van der Waals surface area contributed by atoms with Gasteiger partial charge in [-0.25, -0.2) is 0 Å². The highest BCUT2D eigenvalue weighted by Gasteiger charge is 1.92. The van der Waals surface area contributed by atoms with Gasteiger partial charge >= 0.3 is 0 Å². The fourth-order valence-electron chi connectivity index (χ4n) is 0.838. The number of aryl methyl sites for hydroxylation is 1. The summed E-state index contributed by atoms with van der Waals surface area (Å²) in [4.78, 5) is 1.99. The summed E-state index contributed by atoms with van der Waals surface area (Å²) in [6.45, 7) is 2.69. The van der Waals surface area contributed by atoms with Gasteiger partial charge in [0.15, 0.2) is 0 Å². The van der Waals surface area contributed by atoms with Crippen molar-refractivity contribution in [2.75, 3.05) is 20.8 Å². The lowest BCUT2D eigenvalue weighted by atomic mass is 10.2. The van der Waals surface area contributed by atoms with Gasteiger partial charge in [0, 0.05) is 0 Å². The van der Waals surface area contributed by atoms with Crippen molar-refractivity contribution in [3.05, 3.63) is 29.8 Å². The largest absolute Gasteiger partial charge is 0.478 e. The lowest BCUT2D eigenvalue weighted by molar-refractivity contribution is 0.179. The van der Waals surface area contributed by atoms with E-state index >= 15 is 0 Å². The summed E-state index contributed by atoms with van der Waals surface area (Å²) < 4.78 is 5.45. The highest BCUT2D eigenvalue weighted by Crippen LogP contribution is 2.10. The summed E-state index contributed by atoms with van der Waals surface area (Å²) in [5.41, 5.74) is 1.26.